The van der Waals surface area contributed by atoms with Crippen molar-refractivity contribution >= 4 is 42.9 Å². The Labute approximate surface area is 116 Å². The fraction of sp³-hybridized carbons (Fsp3) is 0.273. The van der Waals surface area contributed by atoms with Crippen LogP contribution in [0.4, 0.5) is 0 Å². The van der Waals surface area contributed by atoms with Gasteiger partial charge < -0.3 is 9.47 Å². The first-order valence-electron chi connectivity index (χ1n) is 4.83. The van der Waals surface area contributed by atoms with Gasteiger partial charge in [0.15, 0.2) is 0 Å². The number of hydrogen-bond donors (Lipinski definition) is 0. The maximum atomic E-state index is 5.12. The van der Waals surface area contributed by atoms with Crippen molar-refractivity contribution in [2.24, 2.45) is 0 Å². The Morgan fingerprint density at radius 1 is 1.00 bits per heavy atom. The Balaban J connectivity index is 2.62. The molecule has 4 nitrogen and oxygen atoms in total. The molecule has 1 heterocycles. The van der Waals surface area contributed by atoms with Crippen molar-refractivity contribution in [3.63, 3.8) is 0 Å². The number of nitrogens with zero attached hydrogens (tertiary/aromatic N) is 2. The Morgan fingerprint density at radius 2 is 1.59 bits per heavy atom. The molecule has 2 rings (SSSR count). The Morgan fingerprint density at radius 3 is 2.12 bits per heavy atom. The lowest BCUT2D eigenvalue weighted by Crippen LogP contribution is -1.97. The highest BCUT2D eigenvalue weighted by atomic mass is 79.9. The van der Waals surface area contributed by atoms with E-state index in [-0.39, 0.29) is 3.74 Å². The second kappa shape index (κ2) is 5.18. The van der Waals surface area contributed by atoms with Crippen molar-refractivity contribution < 1.29 is 9.47 Å². The van der Waals surface area contributed by atoms with E-state index in [0.29, 0.717) is 11.8 Å². The number of hydrogen-bond acceptors (Lipinski definition) is 4. The lowest BCUT2D eigenvalue weighted by atomic mass is 10.2. The number of rotatable bonds is 3. The zero-order valence-corrected chi connectivity index (χ0v) is 12.4. The van der Waals surface area contributed by atoms with Crippen molar-refractivity contribution in [2.45, 2.75) is 3.74 Å². The molecule has 0 saturated carbocycles. The Bertz CT molecular complexity index is 546. The van der Waals surface area contributed by atoms with Crippen LogP contribution in [-0.4, -0.2) is 24.2 Å². The molecule has 2 aromatic rings. The molecule has 17 heavy (non-hydrogen) atoms. The van der Waals surface area contributed by atoms with Crippen LogP contribution in [0.15, 0.2) is 18.2 Å². The first kappa shape index (κ1) is 12.6. The number of aromatic nitrogens is 2. The third-order valence-corrected chi connectivity index (χ3v) is 3.32. The van der Waals surface area contributed by atoms with Crippen LogP contribution in [0.2, 0.25) is 0 Å². The third kappa shape index (κ3) is 2.52. The summed E-state index contributed by atoms with van der Waals surface area (Å²) in [6.07, 6.45) is 0. The standard InChI is InChI=1S/C11H10Br2N2O2/c1-16-10-11(17-2)15-8-5-6(9(12)13)3-4-7(8)14-10/h3-5,9H,1-2H3. The number of methoxy groups -OCH3 is 2. The number of benzene rings is 1. The molecule has 0 aliphatic rings. The van der Waals surface area contributed by atoms with Crippen molar-refractivity contribution in [1.82, 2.24) is 9.97 Å². The van der Waals surface area contributed by atoms with Gasteiger partial charge in [0.1, 0.15) is 0 Å². The topological polar surface area (TPSA) is 44.2 Å². The third-order valence-electron chi connectivity index (χ3n) is 2.27. The molecular weight excluding hydrogens is 352 g/mol. The van der Waals surface area contributed by atoms with Crippen LogP contribution in [-0.2, 0) is 0 Å². The van der Waals surface area contributed by atoms with Crippen LogP contribution in [0, 0.1) is 0 Å². The zero-order valence-electron chi connectivity index (χ0n) is 9.28. The summed E-state index contributed by atoms with van der Waals surface area (Å²) in [5.74, 6) is 0.778. The molecule has 0 aliphatic carbocycles. The van der Waals surface area contributed by atoms with E-state index in [1.807, 2.05) is 18.2 Å². The van der Waals surface area contributed by atoms with E-state index in [0.717, 1.165) is 16.6 Å². The van der Waals surface area contributed by atoms with E-state index in [4.69, 9.17) is 9.47 Å². The average molecular weight is 362 g/mol. The van der Waals surface area contributed by atoms with Gasteiger partial charge in [-0.15, -0.1) is 0 Å². The smallest absolute Gasteiger partial charge is 0.278 e. The molecule has 1 aromatic heterocycles. The van der Waals surface area contributed by atoms with Crippen LogP contribution in [0.25, 0.3) is 11.0 Å². The van der Waals surface area contributed by atoms with Gasteiger partial charge in [0.25, 0.3) is 11.8 Å². The Kier molecular flexibility index (Phi) is 3.83. The van der Waals surface area contributed by atoms with Crippen molar-refractivity contribution in [3.8, 4) is 11.8 Å². The van der Waals surface area contributed by atoms with Gasteiger partial charge in [-0.2, -0.15) is 0 Å². The highest BCUT2D eigenvalue weighted by molar-refractivity contribution is 9.24. The molecule has 0 atom stereocenters. The predicted octanol–water partition coefficient (Wildman–Crippen LogP) is 3.44. The largest absolute Gasteiger partial charge is 0.477 e. The first-order valence-corrected chi connectivity index (χ1v) is 6.66. The van der Waals surface area contributed by atoms with Gasteiger partial charge in [-0.05, 0) is 17.7 Å². The fourth-order valence-electron chi connectivity index (χ4n) is 1.44. The summed E-state index contributed by atoms with van der Waals surface area (Å²) in [6.45, 7) is 0. The summed E-state index contributed by atoms with van der Waals surface area (Å²) >= 11 is 6.89. The van der Waals surface area contributed by atoms with E-state index in [9.17, 15) is 0 Å². The minimum Gasteiger partial charge on any atom is -0.477 e. The molecule has 0 saturated heterocycles. The number of ether oxygens (including phenoxy) is 2. The molecule has 0 amide bonds. The lowest BCUT2D eigenvalue weighted by Gasteiger charge is -2.08. The summed E-state index contributed by atoms with van der Waals surface area (Å²) in [7, 11) is 3.08. The van der Waals surface area contributed by atoms with Gasteiger partial charge in [-0.1, -0.05) is 37.9 Å². The molecule has 0 radical (unpaired) electrons. The molecule has 6 heteroatoms. The Hall–Kier alpha value is -0.880. The SMILES string of the molecule is COc1nc2ccc(C(Br)Br)cc2nc1OC. The highest BCUT2D eigenvalue weighted by Gasteiger charge is 2.11. The number of fused-ring (bicyclic) bond motifs is 1. The maximum absolute atomic E-state index is 5.12. The molecule has 90 valence electrons. The quantitative estimate of drug-likeness (QED) is 0.785. The molecule has 0 spiro atoms. The van der Waals surface area contributed by atoms with Crippen molar-refractivity contribution in [1.29, 1.82) is 0 Å². The summed E-state index contributed by atoms with van der Waals surface area (Å²) in [4.78, 5) is 8.68. The van der Waals surface area contributed by atoms with E-state index >= 15 is 0 Å². The first-order chi connectivity index (χ1) is 8.15. The van der Waals surface area contributed by atoms with Gasteiger partial charge in [0.05, 0.1) is 29.0 Å². The van der Waals surface area contributed by atoms with Crippen LogP contribution in [0.5, 0.6) is 11.8 Å². The average Bonchev–Trinajstić information content (AvgIpc) is 2.36. The zero-order chi connectivity index (χ0) is 12.4. The molecule has 1 aromatic carbocycles. The fourth-order valence-corrected chi connectivity index (χ4v) is 2.01. The van der Waals surface area contributed by atoms with Gasteiger partial charge in [0.2, 0.25) is 0 Å². The minimum atomic E-state index is 0.0919. The van der Waals surface area contributed by atoms with Crippen molar-refractivity contribution in [2.75, 3.05) is 14.2 Å². The lowest BCUT2D eigenvalue weighted by molar-refractivity contribution is 0.334. The molecule has 0 fully saturated rings. The molecule has 0 bridgehead atoms. The van der Waals surface area contributed by atoms with Gasteiger partial charge in [-0.3, -0.25) is 0 Å². The predicted molar refractivity (Wildman–Crippen MR) is 73.2 cm³/mol. The maximum Gasteiger partial charge on any atom is 0.278 e. The minimum absolute atomic E-state index is 0.0919. The van der Waals surface area contributed by atoms with Gasteiger partial charge in [-0.25, -0.2) is 9.97 Å². The van der Waals surface area contributed by atoms with Crippen LogP contribution < -0.4 is 9.47 Å². The van der Waals surface area contributed by atoms with Crippen LogP contribution in [0.1, 0.15) is 9.30 Å². The van der Waals surface area contributed by atoms with E-state index in [2.05, 4.69) is 41.8 Å². The van der Waals surface area contributed by atoms with Crippen molar-refractivity contribution in [3.05, 3.63) is 23.8 Å². The summed E-state index contributed by atoms with van der Waals surface area (Å²) in [5, 5.41) is 0. The number of halogens is 2. The number of alkyl halides is 2. The summed E-state index contributed by atoms with van der Waals surface area (Å²) in [6, 6.07) is 5.81. The highest BCUT2D eigenvalue weighted by Crippen LogP contribution is 2.32. The molecule has 0 unspecified atom stereocenters. The van der Waals surface area contributed by atoms with E-state index in [1.165, 1.54) is 0 Å². The monoisotopic (exact) mass is 360 g/mol. The van der Waals surface area contributed by atoms with E-state index in [1.54, 1.807) is 14.2 Å². The normalized spacial score (nSPS) is 10.9. The molecular formula is C11H10Br2N2O2. The van der Waals surface area contributed by atoms with Crippen LogP contribution >= 0.6 is 31.9 Å². The summed E-state index contributed by atoms with van der Waals surface area (Å²) < 4.78 is 10.3. The summed E-state index contributed by atoms with van der Waals surface area (Å²) in [5.41, 5.74) is 2.61. The van der Waals surface area contributed by atoms with Gasteiger partial charge in [0, 0.05) is 0 Å². The van der Waals surface area contributed by atoms with E-state index < -0.39 is 0 Å². The molecule has 0 N–H and O–H groups in total. The van der Waals surface area contributed by atoms with Gasteiger partial charge >= 0.3 is 0 Å². The van der Waals surface area contributed by atoms with Crippen LogP contribution in [0.3, 0.4) is 0 Å². The second-order valence-electron chi connectivity index (χ2n) is 3.29. The molecule has 0 aliphatic heterocycles. The second-order valence-corrected chi connectivity index (χ2v) is 6.35.